The molecule has 0 saturated heterocycles. The summed E-state index contributed by atoms with van der Waals surface area (Å²) < 4.78 is 0. The minimum Gasteiger partial charge on any atom is -0.396 e. The van der Waals surface area contributed by atoms with Crippen molar-refractivity contribution >= 4 is 11.7 Å². The summed E-state index contributed by atoms with van der Waals surface area (Å²) in [7, 11) is 3.34. The molecule has 0 aliphatic rings. The van der Waals surface area contributed by atoms with Crippen molar-refractivity contribution in [1.29, 1.82) is 0 Å². The number of amides is 1. The zero-order valence-electron chi connectivity index (χ0n) is 11.2. The van der Waals surface area contributed by atoms with E-state index < -0.39 is 0 Å². The molecule has 0 aromatic carbocycles. The van der Waals surface area contributed by atoms with Crippen molar-refractivity contribution in [3.05, 3.63) is 17.8 Å². The van der Waals surface area contributed by atoms with Crippen LogP contribution in [0.3, 0.4) is 0 Å². The van der Waals surface area contributed by atoms with E-state index in [1.54, 1.807) is 26.2 Å². The molecule has 0 aliphatic heterocycles. The Morgan fingerprint density at radius 3 is 2.50 bits per heavy atom. The van der Waals surface area contributed by atoms with Crippen molar-refractivity contribution in [1.82, 2.24) is 15.1 Å². The second-order valence-electron chi connectivity index (χ2n) is 4.60. The highest BCUT2D eigenvalue weighted by Gasteiger charge is 2.13. The van der Waals surface area contributed by atoms with Gasteiger partial charge in [-0.25, -0.2) is 0 Å². The molecule has 100 valence electrons. The molecule has 1 amide bonds. The van der Waals surface area contributed by atoms with Gasteiger partial charge in [-0.15, -0.1) is 10.2 Å². The molecule has 6 nitrogen and oxygen atoms in total. The van der Waals surface area contributed by atoms with Crippen LogP contribution in [0.15, 0.2) is 12.1 Å². The predicted molar refractivity (Wildman–Crippen MR) is 69.4 cm³/mol. The Kier molecular flexibility index (Phi) is 5.03. The number of nitrogens with one attached hydrogen (secondary N) is 1. The molecule has 0 radical (unpaired) electrons. The third-order valence-electron chi connectivity index (χ3n) is 2.81. The molecular weight excluding hydrogens is 232 g/mol. The summed E-state index contributed by atoms with van der Waals surface area (Å²) in [6, 6.07) is 3.43. The molecule has 1 aromatic heterocycles. The van der Waals surface area contributed by atoms with E-state index in [0.717, 1.165) is 0 Å². The third-order valence-corrected chi connectivity index (χ3v) is 2.81. The number of aromatic nitrogens is 2. The Balaban J connectivity index is 2.69. The normalized spacial score (nSPS) is 13.8. The summed E-state index contributed by atoms with van der Waals surface area (Å²) >= 11 is 0. The second-order valence-corrected chi connectivity index (χ2v) is 4.60. The fourth-order valence-corrected chi connectivity index (χ4v) is 1.29. The fraction of sp³-hybridized carbons (Fsp3) is 0.583. The van der Waals surface area contributed by atoms with Gasteiger partial charge in [0.15, 0.2) is 5.69 Å². The van der Waals surface area contributed by atoms with Crippen LogP contribution in [0.1, 0.15) is 24.3 Å². The van der Waals surface area contributed by atoms with Gasteiger partial charge in [-0.3, -0.25) is 4.79 Å². The van der Waals surface area contributed by atoms with E-state index in [9.17, 15) is 4.79 Å². The van der Waals surface area contributed by atoms with E-state index in [0.29, 0.717) is 11.5 Å². The molecule has 2 unspecified atom stereocenters. The fourth-order valence-electron chi connectivity index (χ4n) is 1.29. The van der Waals surface area contributed by atoms with Crippen molar-refractivity contribution in [3.8, 4) is 0 Å². The molecule has 6 heteroatoms. The van der Waals surface area contributed by atoms with Gasteiger partial charge in [0.25, 0.3) is 5.91 Å². The minimum atomic E-state index is -0.175. The number of hydrogen-bond acceptors (Lipinski definition) is 5. The van der Waals surface area contributed by atoms with Gasteiger partial charge in [-0.2, -0.15) is 0 Å². The average molecular weight is 252 g/mol. The molecular formula is C12H20N4O2. The summed E-state index contributed by atoms with van der Waals surface area (Å²) in [5.74, 6) is 0.541. The highest BCUT2D eigenvalue weighted by atomic mass is 16.3. The van der Waals surface area contributed by atoms with Crippen LogP contribution in [-0.4, -0.2) is 52.9 Å². The lowest BCUT2D eigenvalue weighted by Gasteiger charge is -2.19. The maximum atomic E-state index is 11.6. The highest BCUT2D eigenvalue weighted by molar-refractivity contribution is 5.91. The Labute approximate surface area is 107 Å². The number of anilines is 1. The number of hydrogen-bond donors (Lipinski definition) is 2. The number of carbonyl (C=O) groups is 1. The Morgan fingerprint density at radius 1 is 1.39 bits per heavy atom. The van der Waals surface area contributed by atoms with E-state index in [1.807, 2.05) is 13.8 Å². The molecule has 1 rings (SSSR count). The van der Waals surface area contributed by atoms with Crippen LogP contribution in [0.2, 0.25) is 0 Å². The van der Waals surface area contributed by atoms with E-state index in [1.165, 1.54) is 4.90 Å². The van der Waals surface area contributed by atoms with Crippen molar-refractivity contribution in [2.24, 2.45) is 5.92 Å². The van der Waals surface area contributed by atoms with Crippen LogP contribution in [0, 0.1) is 5.92 Å². The summed E-state index contributed by atoms with van der Waals surface area (Å²) in [6.07, 6.45) is 0. The molecule has 0 aliphatic carbocycles. The largest absolute Gasteiger partial charge is 0.396 e. The monoisotopic (exact) mass is 252 g/mol. The topological polar surface area (TPSA) is 78.4 Å². The first-order valence-corrected chi connectivity index (χ1v) is 5.88. The number of carbonyl (C=O) groups excluding carboxylic acids is 1. The van der Waals surface area contributed by atoms with Crippen LogP contribution >= 0.6 is 0 Å². The van der Waals surface area contributed by atoms with Gasteiger partial charge in [0.05, 0.1) is 0 Å². The maximum Gasteiger partial charge on any atom is 0.273 e. The first-order valence-electron chi connectivity index (χ1n) is 5.88. The van der Waals surface area contributed by atoms with E-state index >= 15 is 0 Å². The lowest BCUT2D eigenvalue weighted by Crippen LogP contribution is -2.27. The number of rotatable bonds is 5. The van der Waals surface area contributed by atoms with Crippen LogP contribution in [0.25, 0.3) is 0 Å². The molecule has 0 fully saturated rings. The number of aliphatic hydroxyl groups excluding tert-OH is 1. The third kappa shape index (κ3) is 3.66. The highest BCUT2D eigenvalue weighted by Crippen LogP contribution is 2.09. The van der Waals surface area contributed by atoms with E-state index in [2.05, 4.69) is 15.5 Å². The summed E-state index contributed by atoms with van der Waals surface area (Å²) in [5.41, 5.74) is 0.313. The minimum absolute atomic E-state index is 0.0831. The van der Waals surface area contributed by atoms with E-state index in [-0.39, 0.29) is 24.5 Å². The molecule has 0 bridgehead atoms. The van der Waals surface area contributed by atoms with Gasteiger partial charge in [-0.1, -0.05) is 6.92 Å². The predicted octanol–water partition coefficient (Wildman–Crippen LogP) is 0.607. The maximum absolute atomic E-state index is 11.6. The standard InChI is InChI=1S/C12H20N4O2/c1-8(7-17)9(2)13-11-6-5-10(14-15-11)12(18)16(3)4/h5-6,8-9,17H,7H2,1-4H3,(H,13,15). The second kappa shape index (κ2) is 6.30. The van der Waals surface area contributed by atoms with Crippen molar-refractivity contribution in [3.63, 3.8) is 0 Å². The van der Waals surface area contributed by atoms with Gasteiger partial charge in [0, 0.05) is 26.7 Å². The summed E-state index contributed by atoms with van der Waals surface area (Å²) in [4.78, 5) is 13.1. The molecule has 18 heavy (non-hydrogen) atoms. The Morgan fingerprint density at radius 2 is 2.06 bits per heavy atom. The molecule has 0 saturated carbocycles. The lowest BCUT2D eigenvalue weighted by atomic mass is 10.1. The number of nitrogens with zero attached hydrogens (tertiary/aromatic N) is 3. The first kappa shape index (κ1) is 14.4. The van der Waals surface area contributed by atoms with Gasteiger partial charge in [-0.05, 0) is 25.0 Å². The molecule has 2 atom stereocenters. The van der Waals surface area contributed by atoms with Crippen molar-refractivity contribution < 1.29 is 9.90 Å². The summed E-state index contributed by atoms with van der Waals surface area (Å²) in [6.45, 7) is 4.01. The molecule has 1 aromatic rings. The van der Waals surface area contributed by atoms with Crippen molar-refractivity contribution in [2.75, 3.05) is 26.0 Å². The molecule has 1 heterocycles. The van der Waals surface area contributed by atoms with Crippen LogP contribution in [0.5, 0.6) is 0 Å². The first-order chi connectivity index (χ1) is 8.45. The Bertz CT molecular complexity index is 392. The zero-order chi connectivity index (χ0) is 13.7. The van der Waals surface area contributed by atoms with Gasteiger partial charge in [0.2, 0.25) is 0 Å². The average Bonchev–Trinajstić information content (AvgIpc) is 2.37. The number of aliphatic hydroxyl groups is 1. The van der Waals surface area contributed by atoms with Gasteiger partial charge in [0.1, 0.15) is 5.82 Å². The molecule has 2 N–H and O–H groups in total. The smallest absolute Gasteiger partial charge is 0.273 e. The quantitative estimate of drug-likeness (QED) is 0.802. The van der Waals surface area contributed by atoms with Crippen LogP contribution in [0.4, 0.5) is 5.82 Å². The lowest BCUT2D eigenvalue weighted by molar-refractivity contribution is 0.0821. The van der Waals surface area contributed by atoms with Crippen LogP contribution < -0.4 is 5.32 Å². The zero-order valence-corrected chi connectivity index (χ0v) is 11.2. The van der Waals surface area contributed by atoms with E-state index in [4.69, 9.17) is 5.11 Å². The van der Waals surface area contributed by atoms with Crippen LogP contribution in [-0.2, 0) is 0 Å². The SMILES string of the molecule is CC(CO)C(C)Nc1ccc(C(=O)N(C)C)nn1. The summed E-state index contributed by atoms with van der Waals surface area (Å²) in [5, 5.41) is 20.0. The Hall–Kier alpha value is -1.69. The van der Waals surface area contributed by atoms with Crippen molar-refractivity contribution in [2.45, 2.75) is 19.9 Å². The van der Waals surface area contributed by atoms with Gasteiger partial charge < -0.3 is 15.3 Å². The molecule has 0 spiro atoms. The van der Waals surface area contributed by atoms with Gasteiger partial charge >= 0.3 is 0 Å².